The summed E-state index contributed by atoms with van der Waals surface area (Å²) in [6, 6.07) is 8.04. The van der Waals surface area contributed by atoms with E-state index in [0.29, 0.717) is 24.2 Å². The van der Waals surface area contributed by atoms with E-state index in [9.17, 15) is 40.0 Å². The fourth-order valence-electron chi connectivity index (χ4n) is 4.06. The number of rotatable bonds is 13. The molecule has 5 rings (SSSR count). The van der Waals surface area contributed by atoms with E-state index in [4.69, 9.17) is 34.7 Å². The summed E-state index contributed by atoms with van der Waals surface area (Å²) in [5.41, 5.74) is 8.71. The normalized spacial score (nSPS) is 11.3. The van der Waals surface area contributed by atoms with E-state index in [1.54, 1.807) is 0 Å². The fraction of sp³-hybridized carbons (Fsp3) is 0.0385. The zero-order valence-electron chi connectivity index (χ0n) is 28.7. The number of benzene rings is 3. The van der Waals surface area contributed by atoms with Gasteiger partial charge in [0.15, 0.2) is 0 Å². The van der Waals surface area contributed by atoms with Gasteiger partial charge in [-0.1, -0.05) is 7.43 Å². The van der Waals surface area contributed by atoms with Crippen molar-refractivity contribution in [3.63, 3.8) is 0 Å². The molecule has 0 aliphatic rings. The third kappa shape index (κ3) is 14.4. The first kappa shape index (κ1) is 53.7. The third-order valence-corrected chi connectivity index (χ3v) is 8.97. The predicted molar refractivity (Wildman–Crippen MR) is 186 cm³/mol. The van der Waals surface area contributed by atoms with E-state index >= 15 is 0 Å². The Hall–Kier alpha value is -2.36. The maximum absolute atomic E-state index is 13.6. The van der Waals surface area contributed by atoms with E-state index in [1.165, 1.54) is 18.2 Å². The van der Waals surface area contributed by atoms with Crippen LogP contribution in [0.4, 0.5) is 66.0 Å². The Balaban J connectivity index is 0.00000420. The van der Waals surface area contributed by atoms with Crippen LogP contribution < -0.4 is 116 Å². The molecule has 58 heavy (non-hydrogen) atoms. The molecule has 22 nitrogen and oxygen atoms in total. The molecule has 0 saturated heterocycles. The minimum Gasteiger partial charge on any atom is -0.744 e. The quantitative estimate of drug-likeness (QED) is 0.0102. The molecular weight excluding hydrogens is 912 g/mol. The molecule has 0 atom stereocenters. The van der Waals surface area contributed by atoms with Gasteiger partial charge in [0.2, 0.25) is 22.5 Å². The van der Waals surface area contributed by atoms with Crippen molar-refractivity contribution in [2.45, 2.75) is 22.1 Å². The van der Waals surface area contributed by atoms with Crippen molar-refractivity contribution in [3.8, 4) is 0 Å². The van der Waals surface area contributed by atoms with Crippen LogP contribution in [0.2, 0.25) is 10.6 Å². The van der Waals surface area contributed by atoms with Crippen LogP contribution in [0.3, 0.4) is 0 Å². The van der Waals surface area contributed by atoms with Gasteiger partial charge in [-0.15, -0.1) is 20.5 Å². The van der Waals surface area contributed by atoms with Crippen LogP contribution in [0.15, 0.2) is 83.7 Å². The summed E-state index contributed by atoms with van der Waals surface area (Å²) < 4.78 is 104. The number of aromatic nitrogens is 5. The number of halogens is 4. The maximum Gasteiger partial charge on any atom is 1.00 e. The molecule has 0 fully saturated rings. The first-order chi connectivity index (χ1) is 25.4. The summed E-state index contributed by atoms with van der Waals surface area (Å²) in [6.45, 7) is 0. The Kier molecular flexibility index (Phi) is 21.3. The minimum atomic E-state index is -5.40. The zero-order chi connectivity index (χ0) is 39.4. The van der Waals surface area contributed by atoms with Crippen LogP contribution in [0, 0.1) is 12.0 Å². The molecule has 290 valence electrons. The van der Waals surface area contributed by atoms with Gasteiger partial charge in [-0.25, -0.2) is 16.8 Å². The van der Waals surface area contributed by atoms with Gasteiger partial charge in [-0.05, 0) is 65.7 Å². The second-order valence-corrected chi connectivity index (χ2v) is 13.9. The monoisotopic (exact) mass is 929 g/mol. The average Bonchev–Trinajstić information content (AvgIpc) is 3.05. The first-order valence-electron chi connectivity index (χ1n) is 13.6. The molecule has 0 unspecified atom stereocenters. The van der Waals surface area contributed by atoms with Gasteiger partial charge in [0.05, 0.1) is 38.1 Å². The number of nitrogen functional groups attached to an aromatic ring is 2. The first-order valence-corrected chi connectivity index (χ1v) is 17.9. The average molecular weight is 931 g/mol. The summed E-state index contributed by atoms with van der Waals surface area (Å²) in [5.74, 6) is -1.78. The molecule has 0 saturated carbocycles. The van der Waals surface area contributed by atoms with Crippen molar-refractivity contribution in [1.82, 2.24) is 24.9 Å². The topological polar surface area (TPSA) is 346 Å². The Morgan fingerprint density at radius 3 is 1.88 bits per heavy atom. The molecular formula is C26H18Cl2F2N13Na3O9S3. The van der Waals surface area contributed by atoms with Crippen LogP contribution in [0.25, 0.3) is 0 Å². The molecule has 5 aromatic rings. The van der Waals surface area contributed by atoms with E-state index in [2.05, 4.69) is 65.4 Å². The molecule has 0 spiro atoms. The van der Waals surface area contributed by atoms with Crippen molar-refractivity contribution in [2.75, 3.05) is 22.1 Å². The van der Waals surface area contributed by atoms with Crippen molar-refractivity contribution in [3.05, 3.63) is 71.1 Å². The Morgan fingerprint density at radius 1 is 0.707 bits per heavy atom. The second-order valence-electron chi connectivity index (χ2n) is 9.75. The molecule has 0 amide bonds. The molecule has 0 bridgehead atoms. The molecule has 6 N–H and O–H groups in total. The molecule has 0 radical (unpaired) electrons. The van der Waals surface area contributed by atoms with Crippen molar-refractivity contribution < 1.29 is 138 Å². The third-order valence-electron chi connectivity index (χ3n) is 6.23. The van der Waals surface area contributed by atoms with Crippen LogP contribution >= 0.6 is 35.2 Å². The van der Waals surface area contributed by atoms with Gasteiger partial charge in [0.1, 0.15) is 48.8 Å². The summed E-state index contributed by atoms with van der Waals surface area (Å²) in [5, 5.41) is 33.9. The standard InChI is InChI=1S/C25H17Cl2F2N13O9S3.CH4.3Na/c26-22-36-23(27)38-25(37-22)33-10-1-3-14(52-51-50-43)11(5-10)39-42-21-19(30)13(7-16(20(21)31)54(47,48)49)41-40-12-6-9(2-4-15(12)53(44,45)46)32-18-8-17(28)34-24(29)35-18;;;;/h1-8,43H,30-31H2,(H,32,34,35)(H,44,45,46)(H,47,48,49)(H,33,36,37,38);1H4;;;/q;;3*+1/p-3. The second kappa shape index (κ2) is 23.0. The Bertz CT molecular complexity index is 2540. The number of nitrogens with zero attached hydrogens (tertiary/aromatic N) is 9. The van der Waals surface area contributed by atoms with Gasteiger partial charge in [-0.3, -0.25) is 5.04 Å². The van der Waals surface area contributed by atoms with Crippen molar-refractivity contribution in [1.29, 1.82) is 0 Å². The molecule has 2 heterocycles. The minimum absolute atomic E-state index is 0. The SMILES string of the molecule is C.Nc1c(N=Nc2cc(Nc3cc(F)nc(F)n3)ccc2S(=O)(=O)[O-])cc(S(=O)(=O)[O-])c(N)c1N=Nc1cc(Nc2nc(Cl)nc(Cl)n2)ccc1SOO[O-].[Na+].[Na+].[Na+]. The van der Waals surface area contributed by atoms with E-state index in [-0.39, 0.29) is 135 Å². The molecule has 2 aromatic heterocycles. The fourth-order valence-corrected chi connectivity index (χ4v) is 6.05. The number of azo groups is 2. The van der Waals surface area contributed by atoms with Gasteiger partial charge in [0, 0.05) is 17.4 Å². The zero-order valence-corrected chi connectivity index (χ0v) is 38.7. The van der Waals surface area contributed by atoms with Crippen LogP contribution in [0.5, 0.6) is 0 Å². The van der Waals surface area contributed by atoms with E-state index < -0.39 is 76.3 Å². The molecule has 0 aliphatic heterocycles. The van der Waals surface area contributed by atoms with Crippen molar-refractivity contribution in [2.24, 2.45) is 20.5 Å². The molecule has 32 heteroatoms. The van der Waals surface area contributed by atoms with Crippen LogP contribution in [0.1, 0.15) is 7.43 Å². The van der Waals surface area contributed by atoms with Crippen LogP contribution in [-0.4, -0.2) is 50.9 Å². The smallest absolute Gasteiger partial charge is 0.744 e. The number of nitrogens with one attached hydrogen (secondary N) is 2. The Morgan fingerprint density at radius 2 is 1.28 bits per heavy atom. The summed E-state index contributed by atoms with van der Waals surface area (Å²) in [6.07, 6.45) is -1.44. The van der Waals surface area contributed by atoms with E-state index in [1.807, 2.05) is 0 Å². The summed E-state index contributed by atoms with van der Waals surface area (Å²) in [7, 11) is -10.7. The molecule has 0 aliphatic carbocycles. The summed E-state index contributed by atoms with van der Waals surface area (Å²) in [4.78, 5) is 15.5. The largest absolute Gasteiger partial charge is 1.00 e. The van der Waals surface area contributed by atoms with E-state index in [0.717, 1.165) is 18.2 Å². The number of hydrogen-bond acceptors (Lipinski definition) is 23. The van der Waals surface area contributed by atoms with Gasteiger partial charge >= 0.3 is 94.8 Å². The number of hydrogen-bond donors (Lipinski definition) is 4. The predicted octanol–water partition coefficient (Wildman–Crippen LogP) is -3.58. The van der Waals surface area contributed by atoms with Gasteiger partial charge < -0.3 is 36.5 Å². The van der Waals surface area contributed by atoms with Gasteiger partial charge in [0.25, 0.3) is 0 Å². The number of nitrogens with two attached hydrogens (primary N) is 2. The Labute approximate surface area is 406 Å². The summed E-state index contributed by atoms with van der Waals surface area (Å²) >= 11 is 12.0. The maximum atomic E-state index is 13.6. The van der Waals surface area contributed by atoms with Gasteiger partial charge in [-0.2, -0.15) is 38.0 Å². The van der Waals surface area contributed by atoms with Crippen molar-refractivity contribution >= 4 is 113 Å². The van der Waals surface area contributed by atoms with Crippen LogP contribution in [-0.2, 0) is 29.6 Å². The number of anilines is 6. The molecule has 3 aromatic carbocycles.